The van der Waals surface area contributed by atoms with Crippen molar-refractivity contribution in [1.29, 1.82) is 0 Å². The summed E-state index contributed by atoms with van der Waals surface area (Å²) in [7, 11) is 3.97. The Morgan fingerprint density at radius 3 is 1.30 bits per heavy atom. The molecule has 8 heteroatoms. The number of hydrogen-bond acceptors (Lipinski definition) is 7. The van der Waals surface area contributed by atoms with E-state index >= 15 is 0 Å². The molecule has 0 heterocycles. The summed E-state index contributed by atoms with van der Waals surface area (Å²) in [6.45, 7) is 5.71. The van der Waals surface area contributed by atoms with E-state index in [0.29, 0.717) is 19.4 Å². The first-order valence-corrected chi connectivity index (χ1v) is 22.0. The third-order valence-corrected chi connectivity index (χ3v) is 9.62. The molecule has 2 unspecified atom stereocenters. The number of nitrogens with two attached hydrogens (primary N) is 1. The number of ether oxygens (including phenoxy) is 3. The average Bonchev–Trinajstić information content (AvgIpc) is 3.13. The third kappa shape index (κ3) is 36.6. The molecule has 53 heavy (non-hydrogen) atoms. The maximum atomic E-state index is 12.8. The number of primary amides is 1. The summed E-state index contributed by atoms with van der Waals surface area (Å²) >= 11 is 0. The number of allylic oxidation sites excluding steroid dienone is 4. The van der Waals surface area contributed by atoms with E-state index in [0.717, 1.165) is 77.2 Å². The first-order chi connectivity index (χ1) is 25.8. The van der Waals surface area contributed by atoms with Gasteiger partial charge in [-0.2, -0.15) is 0 Å². The van der Waals surface area contributed by atoms with Crippen molar-refractivity contribution in [3.63, 3.8) is 0 Å². The maximum Gasteiger partial charge on any atom is 0.306 e. The summed E-state index contributed by atoms with van der Waals surface area (Å²) in [6.07, 6.45) is 38.6. The summed E-state index contributed by atoms with van der Waals surface area (Å²) in [4.78, 5) is 40.0. The van der Waals surface area contributed by atoms with Crippen molar-refractivity contribution in [3.05, 3.63) is 24.3 Å². The molecule has 0 bridgehead atoms. The summed E-state index contributed by atoms with van der Waals surface area (Å²) in [5.74, 6) is -1.76. The van der Waals surface area contributed by atoms with Gasteiger partial charge in [0, 0.05) is 19.4 Å². The van der Waals surface area contributed by atoms with Gasteiger partial charge in [-0.1, -0.05) is 141 Å². The van der Waals surface area contributed by atoms with Crippen molar-refractivity contribution >= 4 is 17.8 Å². The number of unbranched alkanes of at least 4 members (excludes halogenated alkanes) is 22. The predicted octanol–water partition coefficient (Wildman–Crippen LogP) is 11.3. The Morgan fingerprint density at radius 2 is 0.906 bits per heavy atom. The first-order valence-electron chi connectivity index (χ1n) is 22.0. The summed E-state index contributed by atoms with van der Waals surface area (Å²) < 4.78 is 17.0. The van der Waals surface area contributed by atoms with E-state index < -0.39 is 30.1 Å². The van der Waals surface area contributed by atoms with Crippen LogP contribution < -0.4 is 5.73 Å². The molecule has 0 spiro atoms. The van der Waals surface area contributed by atoms with Crippen LogP contribution in [0.5, 0.6) is 0 Å². The second-order valence-electron chi connectivity index (χ2n) is 15.2. The number of nitrogens with zero attached hydrogens (tertiary/aromatic N) is 1. The second kappa shape index (κ2) is 39.5. The Kier molecular flexibility index (Phi) is 37.9. The highest BCUT2D eigenvalue weighted by molar-refractivity contribution is 5.83. The van der Waals surface area contributed by atoms with Gasteiger partial charge in [-0.05, 0) is 91.3 Å². The number of rotatable bonds is 40. The monoisotopic (exact) mass is 749 g/mol. The Morgan fingerprint density at radius 1 is 0.528 bits per heavy atom. The van der Waals surface area contributed by atoms with Gasteiger partial charge in [0.1, 0.15) is 0 Å². The molecule has 0 aromatic carbocycles. The van der Waals surface area contributed by atoms with Crippen molar-refractivity contribution in [2.24, 2.45) is 5.73 Å². The number of hydrogen-bond donors (Lipinski definition) is 1. The van der Waals surface area contributed by atoms with Gasteiger partial charge in [-0.25, -0.2) is 0 Å². The van der Waals surface area contributed by atoms with Gasteiger partial charge in [0.25, 0.3) is 5.91 Å². The van der Waals surface area contributed by atoms with E-state index in [2.05, 4.69) is 43.1 Å². The van der Waals surface area contributed by atoms with E-state index in [-0.39, 0.29) is 19.4 Å². The minimum Gasteiger partial charge on any atom is -0.455 e. The third-order valence-electron chi connectivity index (χ3n) is 9.62. The summed E-state index contributed by atoms with van der Waals surface area (Å²) in [5.41, 5.74) is 5.67. The van der Waals surface area contributed by atoms with Crippen molar-refractivity contribution in [3.8, 4) is 0 Å². The lowest BCUT2D eigenvalue weighted by molar-refractivity contribution is -0.176. The maximum absolute atomic E-state index is 12.8. The second-order valence-corrected chi connectivity index (χ2v) is 15.2. The molecule has 310 valence electrons. The van der Waals surface area contributed by atoms with Gasteiger partial charge in [-0.15, -0.1) is 0 Å². The fourth-order valence-electron chi connectivity index (χ4n) is 6.29. The molecule has 0 aliphatic rings. The number of carbonyl (C=O) groups is 3. The quantitative estimate of drug-likeness (QED) is 0.0377. The molecule has 2 atom stereocenters. The lowest BCUT2D eigenvalue weighted by Crippen LogP contribution is -2.47. The van der Waals surface area contributed by atoms with Crippen LogP contribution >= 0.6 is 0 Å². The minimum atomic E-state index is -1.38. The Bertz CT molecular complexity index is 905. The zero-order chi connectivity index (χ0) is 39.0. The van der Waals surface area contributed by atoms with Crippen LogP contribution in [0.4, 0.5) is 0 Å². The largest absolute Gasteiger partial charge is 0.455 e. The topological polar surface area (TPSA) is 108 Å². The Labute approximate surface area is 326 Å². The van der Waals surface area contributed by atoms with Crippen LogP contribution in [0.1, 0.15) is 200 Å². The van der Waals surface area contributed by atoms with Gasteiger partial charge >= 0.3 is 11.9 Å². The predicted molar refractivity (Wildman–Crippen MR) is 222 cm³/mol. The van der Waals surface area contributed by atoms with Crippen LogP contribution in [0.3, 0.4) is 0 Å². The molecule has 0 aliphatic heterocycles. The van der Waals surface area contributed by atoms with E-state index in [1.54, 1.807) is 0 Å². The highest BCUT2D eigenvalue weighted by atomic mass is 16.6. The average molecular weight is 749 g/mol. The van der Waals surface area contributed by atoms with Gasteiger partial charge < -0.3 is 24.8 Å². The van der Waals surface area contributed by atoms with Crippen LogP contribution in [0, 0.1) is 0 Å². The highest BCUT2D eigenvalue weighted by Crippen LogP contribution is 2.15. The normalized spacial score (nSPS) is 12.9. The minimum absolute atomic E-state index is 0.0557. The summed E-state index contributed by atoms with van der Waals surface area (Å²) in [5, 5.41) is 0. The fraction of sp³-hybridized carbons (Fsp3) is 0.844. The molecular formula is C45H84N2O6. The Hall–Kier alpha value is -2.19. The van der Waals surface area contributed by atoms with Gasteiger partial charge in [-0.3, -0.25) is 14.4 Å². The molecule has 0 rings (SSSR count). The number of carbonyl (C=O) groups excluding carboxylic acids is 3. The van der Waals surface area contributed by atoms with Crippen molar-refractivity contribution in [2.75, 3.05) is 33.9 Å². The number of amides is 1. The van der Waals surface area contributed by atoms with Crippen LogP contribution in [0.15, 0.2) is 24.3 Å². The molecule has 8 nitrogen and oxygen atoms in total. The van der Waals surface area contributed by atoms with Crippen LogP contribution in [0.25, 0.3) is 0 Å². The van der Waals surface area contributed by atoms with Crippen molar-refractivity contribution in [1.82, 2.24) is 4.90 Å². The SMILES string of the molecule is CCCCCCCC/C=C\CCCCCCCC(=O)OC(COCCCN(C)C)C(OC(=O)CCCCCCC/C=C\CCCCCCCC)C(N)=O. The molecule has 1 amide bonds. The lowest BCUT2D eigenvalue weighted by Gasteiger charge is -2.25. The van der Waals surface area contributed by atoms with Gasteiger partial charge in [0.05, 0.1) is 6.61 Å². The smallest absolute Gasteiger partial charge is 0.306 e. The van der Waals surface area contributed by atoms with E-state index in [9.17, 15) is 14.4 Å². The van der Waals surface area contributed by atoms with Crippen LogP contribution in [-0.4, -0.2) is 68.8 Å². The van der Waals surface area contributed by atoms with E-state index in [1.807, 2.05) is 14.1 Å². The highest BCUT2D eigenvalue weighted by Gasteiger charge is 2.33. The Balaban J connectivity index is 4.44. The van der Waals surface area contributed by atoms with Crippen LogP contribution in [0.2, 0.25) is 0 Å². The molecule has 0 aromatic rings. The molecule has 0 aromatic heterocycles. The molecular weight excluding hydrogens is 665 g/mol. The molecule has 0 saturated carbocycles. The van der Waals surface area contributed by atoms with E-state index in [1.165, 1.54) is 89.9 Å². The lowest BCUT2D eigenvalue weighted by atomic mass is 10.1. The molecule has 0 radical (unpaired) electrons. The standard InChI is InChI=1S/C45H84N2O6/c1-5-7-9-11-13-15-17-19-21-23-25-27-29-31-33-36-42(48)52-41(40-51-39-35-38-47(3)4)44(45(46)50)53-43(49)37-34-32-30-28-26-24-22-20-18-16-14-12-10-8-6-2/h19-22,41,44H,5-18,23-40H2,1-4H3,(H2,46,50)/b21-19-,22-20-. The zero-order valence-corrected chi connectivity index (χ0v) is 35.1. The molecule has 2 N–H and O–H groups in total. The van der Waals surface area contributed by atoms with Crippen molar-refractivity contribution in [2.45, 2.75) is 212 Å². The van der Waals surface area contributed by atoms with Crippen molar-refractivity contribution < 1.29 is 28.6 Å². The molecule has 0 fully saturated rings. The van der Waals surface area contributed by atoms with E-state index in [4.69, 9.17) is 19.9 Å². The first kappa shape index (κ1) is 50.8. The summed E-state index contributed by atoms with van der Waals surface area (Å²) in [6, 6.07) is 0. The molecule has 0 aliphatic carbocycles. The zero-order valence-electron chi connectivity index (χ0n) is 35.1. The fourth-order valence-corrected chi connectivity index (χ4v) is 6.29. The van der Waals surface area contributed by atoms with Crippen LogP contribution in [-0.2, 0) is 28.6 Å². The van der Waals surface area contributed by atoms with Gasteiger partial charge in [0.15, 0.2) is 6.10 Å². The van der Waals surface area contributed by atoms with Gasteiger partial charge in [0.2, 0.25) is 6.10 Å². The number of esters is 2. The molecule has 0 saturated heterocycles.